The van der Waals surface area contributed by atoms with Gasteiger partial charge in [-0.2, -0.15) is 0 Å². The predicted octanol–water partition coefficient (Wildman–Crippen LogP) is 1.90. The van der Waals surface area contributed by atoms with Crippen LogP contribution in [-0.2, 0) is 14.4 Å². The summed E-state index contributed by atoms with van der Waals surface area (Å²) in [6.45, 7) is -0.267. The first kappa shape index (κ1) is 20.2. The third-order valence-electron chi connectivity index (χ3n) is 3.59. The van der Waals surface area contributed by atoms with Gasteiger partial charge in [-0.15, -0.1) is 0 Å². The summed E-state index contributed by atoms with van der Waals surface area (Å²) < 4.78 is 5.49. The lowest BCUT2D eigenvalue weighted by Gasteiger charge is -2.06. The minimum Gasteiger partial charge on any atom is -0.431 e. The van der Waals surface area contributed by atoms with Gasteiger partial charge in [-0.3, -0.25) is 25.2 Å². The molecule has 0 saturated carbocycles. The van der Waals surface area contributed by atoms with Crippen LogP contribution in [0.15, 0.2) is 70.3 Å². The number of nitrogens with zero attached hydrogens (tertiary/aromatic N) is 1. The summed E-state index contributed by atoms with van der Waals surface area (Å²) in [4.78, 5) is 39.5. The van der Waals surface area contributed by atoms with Crippen molar-refractivity contribution in [3.8, 4) is 0 Å². The second kappa shape index (κ2) is 10.1. The zero-order chi connectivity index (χ0) is 20.5. The molecule has 3 aromatic rings. The van der Waals surface area contributed by atoms with Crippen LogP contribution in [-0.4, -0.2) is 35.0 Å². The Morgan fingerprint density at radius 1 is 0.966 bits per heavy atom. The minimum atomic E-state index is -0.549. The van der Waals surface area contributed by atoms with E-state index < -0.39 is 17.7 Å². The van der Waals surface area contributed by atoms with Crippen LogP contribution in [0.1, 0.15) is 5.56 Å². The van der Waals surface area contributed by atoms with Crippen LogP contribution in [0.25, 0.3) is 17.2 Å². The molecule has 3 amide bonds. The number of thioether (sulfide) groups is 1. The predicted molar refractivity (Wildman–Crippen MR) is 110 cm³/mol. The van der Waals surface area contributed by atoms with Crippen LogP contribution >= 0.6 is 11.8 Å². The van der Waals surface area contributed by atoms with Gasteiger partial charge in [0.2, 0.25) is 11.8 Å². The molecule has 0 atom stereocenters. The second-order valence-electron chi connectivity index (χ2n) is 5.79. The Morgan fingerprint density at radius 2 is 1.69 bits per heavy atom. The van der Waals surface area contributed by atoms with Gasteiger partial charge in [0.1, 0.15) is 5.52 Å². The highest BCUT2D eigenvalue weighted by Crippen LogP contribution is 2.22. The summed E-state index contributed by atoms with van der Waals surface area (Å²) in [5.74, 6) is -1.38. The SMILES string of the molecule is O=C(/C=C/c1ccccc1)NCC(=O)NNC(=O)CSc1nc2ccccc2o1. The van der Waals surface area contributed by atoms with Crippen molar-refractivity contribution < 1.29 is 18.8 Å². The Hall–Kier alpha value is -3.59. The first-order chi connectivity index (χ1) is 14.1. The summed E-state index contributed by atoms with van der Waals surface area (Å²) in [6, 6.07) is 16.6. The number of hydrogen-bond donors (Lipinski definition) is 3. The number of rotatable bonds is 7. The number of fused-ring (bicyclic) bond motifs is 1. The normalized spacial score (nSPS) is 10.8. The van der Waals surface area contributed by atoms with Crippen molar-refractivity contribution in [2.45, 2.75) is 5.22 Å². The van der Waals surface area contributed by atoms with Crippen molar-refractivity contribution in [2.75, 3.05) is 12.3 Å². The fourth-order valence-corrected chi connectivity index (χ4v) is 2.86. The van der Waals surface area contributed by atoms with Crippen molar-refractivity contribution in [1.82, 2.24) is 21.2 Å². The molecular weight excluding hydrogens is 392 g/mol. The highest BCUT2D eigenvalue weighted by Gasteiger charge is 2.10. The van der Waals surface area contributed by atoms with Crippen LogP contribution in [0.4, 0.5) is 0 Å². The van der Waals surface area contributed by atoms with E-state index >= 15 is 0 Å². The zero-order valence-electron chi connectivity index (χ0n) is 15.3. The topological polar surface area (TPSA) is 113 Å². The molecule has 3 rings (SSSR count). The van der Waals surface area contributed by atoms with Crippen molar-refractivity contribution in [2.24, 2.45) is 0 Å². The highest BCUT2D eigenvalue weighted by molar-refractivity contribution is 7.99. The molecule has 0 fully saturated rings. The molecule has 0 saturated heterocycles. The van der Waals surface area contributed by atoms with Crippen molar-refractivity contribution in [3.63, 3.8) is 0 Å². The van der Waals surface area contributed by atoms with Crippen LogP contribution in [0.2, 0.25) is 0 Å². The molecule has 0 aliphatic rings. The molecule has 1 aromatic heterocycles. The molecular formula is C20H18N4O4S. The number of aromatic nitrogens is 1. The van der Waals surface area contributed by atoms with Gasteiger partial charge in [0, 0.05) is 6.08 Å². The van der Waals surface area contributed by atoms with E-state index in [1.54, 1.807) is 12.1 Å². The molecule has 0 bridgehead atoms. The van der Waals surface area contributed by atoms with E-state index in [9.17, 15) is 14.4 Å². The van der Waals surface area contributed by atoms with E-state index in [1.807, 2.05) is 48.5 Å². The fraction of sp³-hybridized carbons (Fsp3) is 0.100. The smallest absolute Gasteiger partial charge is 0.257 e. The maximum absolute atomic E-state index is 11.8. The first-order valence-electron chi connectivity index (χ1n) is 8.67. The number of hydrazine groups is 1. The quantitative estimate of drug-likeness (QED) is 0.311. The number of amides is 3. The van der Waals surface area contributed by atoms with E-state index in [0.717, 1.165) is 17.3 Å². The number of benzene rings is 2. The van der Waals surface area contributed by atoms with Crippen molar-refractivity contribution in [3.05, 3.63) is 66.2 Å². The van der Waals surface area contributed by atoms with Gasteiger partial charge in [0.05, 0.1) is 12.3 Å². The molecule has 0 unspecified atom stereocenters. The second-order valence-corrected chi connectivity index (χ2v) is 6.72. The monoisotopic (exact) mass is 410 g/mol. The molecule has 29 heavy (non-hydrogen) atoms. The Kier molecular flexibility index (Phi) is 7.01. The summed E-state index contributed by atoms with van der Waals surface area (Å²) in [5, 5.41) is 2.80. The van der Waals surface area contributed by atoms with Crippen LogP contribution < -0.4 is 16.2 Å². The molecule has 8 nitrogen and oxygen atoms in total. The number of carbonyl (C=O) groups excluding carboxylic acids is 3. The van der Waals surface area contributed by atoms with Crippen LogP contribution in [0.5, 0.6) is 0 Å². The van der Waals surface area contributed by atoms with Gasteiger partial charge in [-0.25, -0.2) is 4.98 Å². The lowest BCUT2D eigenvalue weighted by Crippen LogP contribution is -2.46. The molecule has 1 heterocycles. The third kappa shape index (κ3) is 6.51. The van der Waals surface area contributed by atoms with E-state index in [2.05, 4.69) is 21.2 Å². The Balaban J connectivity index is 1.33. The van der Waals surface area contributed by atoms with Crippen LogP contribution in [0.3, 0.4) is 0 Å². The molecule has 0 aliphatic carbocycles. The van der Waals surface area contributed by atoms with Gasteiger partial charge < -0.3 is 9.73 Å². The standard InChI is InChI=1S/C20H18N4O4S/c25-17(11-10-14-6-2-1-3-7-14)21-12-18(26)23-24-19(27)13-29-20-22-15-8-4-5-9-16(15)28-20/h1-11H,12-13H2,(H,21,25)(H,23,26)(H,24,27)/b11-10+. The molecule has 9 heteroatoms. The molecule has 2 aromatic carbocycles. The van der Waals surface area contributed by atoms with E-state index in [0.29, 0.717) is 16.3 Å². The maximum atomic E-state index is 11.8. The Labute approximate surface area is 170 Å². The lowest BCUT2D eigenvalue weighted by atomic mass is 10.2. The highest BCUT2D eigenvalue weighted by atomic mass is 32.2. The van der Waals surface area contributed by atoms with Gasteiger partial charge in [-0.1, -0.05) is 54.2 Å². The Morgan fingerprint density at radius 3 is 2.48 bits per heavy atom. The Bertz CT molecular complexity index is 1000. The average Bonchev–Trinajstić information content (AvgIpc) is 3.17. The van der Waals surface area contributed by atoms with Crippen molar-refractivity contribution >= 4 is 46.7 Å². The van der Waals surface area contributed by atoms with E-state index in [4.69, 9.17) is 4.42 Å². The number of hydrogen-bond acceptors (Lipinski definition) is 6. The summed E-state index contributed by atoms with van der Waals surface area (Å²) >= 11 is 1.11. The fourth-order valence-electron chi connectivity index (χ4n) is 2.22. The van der Waals surface area contributed by atoms with Gasteiger partial charge in [0.25, 0.3) is 11.1 Å². The largest absolute Gasteiger partial charge is 0.431 e. The molecule has 148 valence electrons. The van der Waals surface area contributed by atoms with Crippen LogP contribution in [0, 0.1) is 0 Å². The van der Waals surface area contributed by atoms with Crippen molar-refractivity contribution in [1.29, 1.82) is 0 Å². The maximum Gasteiger partial charge on any atom is 0.257 e. The molecule has 0 radical (unpaired) electrons. The molecule has 0 spiro atoms. The third-order valence-corrected chi connectivity index (χ3v) is 4.42. The average molecular weight is 410 g/mol. The summed E-state index contributed by atoms with van der Waals surface area (Å²) in [7, 11) is 0. The number of para-hydroxylation sites is 2. The lowest BCUT2D eigenvalue weighted by molar-refractivity contribution is -0.128. The summed E-state index contributed by atoms with van der Waals surface area (Å²) in [5.41, 5.74) is 6.72. The van der Waals surface area contributed by atoms with E-state index in [1.165, 1.54) is 6.08 Å². The number of nitrogens with one attached hydrogen (secondary N) is 3. The number of carbonyl (C=O) groups is 3. The molecule has 0 aliphatic heterocycles. The van der Waals surface area contributed by atoms with Gasteiger partial charge >= 0.3 is 0 Å². The first-order valence-corrected chi connectivity index (χ1v) is 9.66. The van der Waals surface area contributed by atoms with Gasteiger partial charge in [-0.05, 0) is 23.8 Å². The zero-order valence-corrected chi connectivity index (χ0v) is 16.1. The van der Waals surface area contributed by atoms with E-state index in [-0.39, 0.29) is 12.3 Å². The minimum absolute atomic E-state index is 0.0132. The van der Waals surface area contributed by atoms with Gasteiger partial charge in [0.15, 0.2) is 5.58 Å². The summed E-state index contributed by atoms with van der Waals surface area (Å²) in [6.07, 6.45) is 2.97. The number of oxazole rings is 1. The molecule has 3 N–H and O–H groups in total.